The first-order valence-electron chi connectivity index (χ1n) is 14.1. The number of ether oxygens (including phenoxy) is 2. The molecule has 2 aromatic carbocycles. The fraction of sp³-hybridized carbons (Fsp3) is 0.300. The molecule has 1 fully saturated rings. The molecule has 1 saturated heterocycles. The molecule has 0 spiro atoms. The molecule has 0 bridgehead atoms. The fourth-order valence-electron chi connectivity index (χ4n) is 5.25. The molecule has 1 N–H and O–H groups in total. The third kappa shape index (κ3) is 7.36. The van der Waals surface area contributed by atoms with E-state index in [2.05, 4.69) is 15.0 Å². The standard InChI is InChI=1S/C30H26ClF7N6O4/c1-41-25(23-20(32)13-18(47-2)14-21(23)33)24(40-27(45)16-3-5-17(6-4-16)48-29(34)35)28(46)44(41)26-19(31)7-8-22(39-26)43-11-9-42(10-12-43)15-30(36,37)38/h3-8,13-14,29H,9-12,15H2,1-2H3,(H,40,45). The van der Waals surface area contributed by atoms with Crippen molar-refractivity contribution in [2.75, 3.05) is 50.1 Å². The highest BCUT2D eigenvalue weighted by Gasteiger charge is 2.33. The topological polar surface area (TPSA) is 93.9 Å². The minimum atomic E-state index is -4.36. The number of nitrogens with zero attached hydrogens (tertiary/aromatic N) is 5. The minimum Gasteiger partial charge on any atom is -0.497 e. The van der Waals surface area contributed by atoms with Crippen molar-refractivity contribution in [3.05, 3.63) is 81.1 Å². The van der Waals surface area contributed by atoms with Gasteiger partial charge < -0.3 is 19.7 Å². The predicted molar refractivity (Wildman–Crippen MR) is 161 cm³/mol. The molecule has 256 valence electrons. The molecule has 5 rings (SSSR count). The van der Waals surface area contributed by atoms with Crippen LogP contribution in [-0.2, 0) is 7.05 Å². The van der Waals surface area contributed by atoms with E-state index in [0.29, 0.717) is 0 Å². The lowest BCUT2D eigenvalue weighted by molar-refractivity contribution is -0.146. The van der Waals surface area contributed by atoms with Gasteiger partial charge in [0.15, 0.2) is 5.82 Å². The van der Waals surface area contributed by atoms with Crippen molar-refractivity contribution in [3.8, 4) is 28.6 Å². The van der Waals surface area contributed by atoms with Crippen molar-refractivity contribution in [3.63, 3.8) is 0 Å². The van der Waals surface area contributed by atoms with Crippen LogP contribution in [-0.4, -0.2) is 77.8 Å². The first-order valence-corrected chi connectivity index (χ1v) is 14.5. The highest BCUT2D eigenvalue weighted by atomic mass is 35.5. The van der Waals surface area contributed by atoms with Crippen LogP contribution in [0.1, 0.15) is 10.4 Å². The summed E-state index contributed by atoms with van der Waals surface area (Å²) in [5.41, 5.74) is -2.83. The van der Waals surface area contributed by atoms with E-state index >= 15 is 8.78 Å². The van der Waals surface area contributed by atoms with Crippen molar-refractivity contribution in [2.24, 2.45) is 7.05 Å². The summed E-state index contributed by atoms with van der Waals surface area (Å²) < 4.78 is 106. The number of rotatable bonds is 9. The predicted octanol–water partition coefficient (Wildman–Crippen LogP) is 5.72. The normalized spacial score (nSPS) is 14.0. The number of hydrogen-bond donors (Lipinski definition) is 1. The first kappa shape index (κ1) is 34.6. The van der Waals surface area contributed by atoms with Gasteiger partial charge in [0, 0.05) is 50.9 Å². The van der Waals surface area contributed by atoms with Gasteiger partial charge in [0.05, 0.1) is 24.2 Å². The van der Waals surface area contributed by atoms with Crippen LogP contribution in [0.3, 0.4) is 0 Å². The zero-order chi connectivity index (χ0) is 34.9. The SMILES string of the molecule is COc1cc(F)c(-c2c(NC(=O)c3ccc(OC(F)F)cc3)c(=O)n(-c3nc(N4CCN(CC(F)(F)F)CC4)ccc3Cl)n2C)c(F)c1. The number of aromatic nitrogens is 3. The lowest BCUT2D eigenvalue weighted by Gasteiger charge is -2.35. The van der Waals surface area contributed by atoms with E-state index in [1.54, 1.807) is 4.90 Å². The summed E-state index contributed by atoms with van der Waals surface area (Å²) in [4.78, 5) is 34.7. The fourth-order valence-corrected chi connectivity index (χ4v) is 5.43. The summed E-state index contributed by atoms with van der Waals surface area (Å²) in [5.74, 6) is -3.58. The quantitative estimate of drug-likeness (QED) is 0.223. The highest BCUT2D eigenvalue weighted by molar-refractivity contribution is 6.32. The van der Waals surface area contributed by atoms with Crippen LogP contribution in [0.25, 0.3) is 17.1 Å². The van der Waals surface area contributed by atoms with E-state index in [1.165, 1.54) is 31.2 Å². The zero-order valence-electron chi connectivity index (χ0n) is 25.1. The van der Waals surface area contributed by atoms with E-state index in [-0.39, 0.29) is 59.9 Å². The van der Waals surface area contributed by atoms with Crippen LogP contribution in [0.5, 0.6) is 11.5 Å². The van der Waals surface area contributed by atoms with Gasteiger partial charge in [-0.1, -0.05) is 11.6 Å². The number of halogens is 8. The molecule has 0 aliphatic carbocycles. The first-order chi connectivity index (χ1) is 22.7. The van der Waals surface area contributed by atoms with Gasteiger partial charge in [0.2, 0.25) is 0 Å². The zero-order valence-corrected chi connectivity index (χ0v) is 25.9. The number of carbonyl (C=O) groups excluding carboxylic acids is 1. The Kier molecular flexibility index (Phi) is 9.91. The van der Waals surface area contributed by atoms with Gasteiger partial charge >= 0.3 is 12.8 Å². The Morgan fingerprint density at radius 2 is 1.62 bits per heavy atom. The molecule has 4 aromatic rings. The summed E-state index contributed by atoms with van der Waals surface area (Å²) >= 11 is 6.47. The molecule has 1 aliphatic heterocycles. The number of nitrogens with one attached hydrogen (secondary N) is 1. The third-order valence-corrected chi connectivity index (χ3v) is 7.74. The van der Waals surface area contributed by atoms with Crippen molar-refractivity contribution >= 4 is 29.0 Å². The maximum Gasteiger partial charge on any atom is 0.401 e. The molecule has 48 heavy (non-hydrogen) atoms. The molecule has 0 unspecified atom stereocenters. The Hall–Kier alpha value is -4.77. The van der Waals surface area contributed by atoms with Crippen LogP contribution < -0.4 is 25.2 Å². The molecule has 1 amide bonds. The summed E-state index contributed by atoms with van der Waals surface area (Å²) in [6, 6.07) is 9.11. The second-order valence-corrected chi connectivity index (χ2v) is 10.9. The van der Waals surface area contributed by atoms with Gasteiger partial charge in [-0.15, -0.1) is 0 Å². The number of methoxy groups -OCH3 is 1. The summed E-state index contributed by atoms with van der Waals surface area (Å²) in [5, 5.41) is 2.29. The van der Waals surface area contributed by atoms with Gasteiger partial charge in [-0.25, -0.2) is 13.8 Å². The van der Waals surface area contributed by atoms with Crippen LogP contribution in [0.2, 0.25) is 5.02 Å². The maximum absolute atomic E-state index is 15.5. The largest absolute Gasteiger partial charge is 0.497 e. The van der Waals surface area contributed by atoms with Gasteiger partial charge in [0.25, 0.3) is 11.5 Å². The maximum atomic E-state index is 15.5. The molecule has 18 heteroatoms. The number of anilines is 2. The van der Waals surface area contributed by atoms with Crippen LogP contribution in [0, 0.1) is 11.6 Å². The van der Waals surface area contributed by atoms with Crippen molar-refractivity contribution in [2.45, 2.75) is 12.8 Å². The van der Waals surface area contributed by atoms with E-state index in [1.807, 2.05) is 0 Å². The van der Waals surface area contributed by atoms with Gasteiger partial charge in [-0.2, -0.15) is 26.6 Å². The van der Waals surface area contributed by atoms with Crippen molar-refractivity contribution in [1.82, 2.24) is 19.2 Å². The Bertz CT molecular complexity index is 1850. The third-order valence-electron chi connectivity index (χ3n) is 7.45. The Morgan fingerprint density at radius 3 is 2.19 bits per heavy atom. The monoisotopic (exact) mass is 702 g/mol. The number of pyridine rings is 1. The Balaban J connectivity index is 1.58. The second kappa shape index (κ2) is 13.8. The molecule has 2 aromatic heterocycles. The van der Waals surface area contributed by atoms with E-state index in [9.17, 15) is 31.5 Å². The van der Waals surface area contributed by atoms with Crippen LogP contribution >= 0.6 is 11.6 Å². The lowest BCUT2D eigenvalue weighted by Crippen LogP contribution is -2.49. The molecule has 0 radical (unpaired) electrons. The molecule has 0 saturated carbocycles. The molecule has 10 nitrogen and oxygen atoms in total. The average molecular weight is 703 g/mol. The van der Waals surface area contributed by atoms with E-state index in [0.717, 1.165) is 45.8 Å². The summed E-state index contributed by atoms with van der Waals surface area (Å²) in [7, 11) is 2.47. The van der Waals surface area contributed by atoms with Gasteiger partial charge in [-0.3, -0.25) is 19.2 Å². The number of hydrogen-bond acceptors (Lipinski definition) is 7. The summed E-state index contributed by atoms with van der Waals surface area (Å²) in [6.07, 6.45) is -4.36. The number of benzene rings is 2. The highest BCUT2D eigenvalue weighted by Crippen LogP contribution is 2.35. The molecule has 3 heterocycles. The number of carbonyl (C=O) groups is 1. The Morgan fingerprint density at radius 1 is 1.00 bits per heavy atom. The lowest BCUT2D eigenvalue weighted by atomic mass is 10.1. The summed E-state index contributed by atoms with van der Waals surface area (Å²) in [6.45, 7) is -3.68. The molecule has 0 atom stereocenters. The Labute approximate surface area is 272 Å². The van der Waals surface area contributed by atoms with Crippen LogP contribution in [0.15, 0.2) is 53.3 Å². The van der Waals surface area contributed by atoms with Gasteiger partial charge in [0.1, 0.15) is 40.3 Å². The smallest absolute Gasteiger partial charge is 0.401 e. The second-order valence-electron chi connectivity index (χ2n) is 10.5. The average Bonchev–Trinajstić information content (AvgIpc) is 3.25. The van der Waals surface area contributed by atoms with Crippen LogP contribution in [0.4, 0.5) is 42.2 Å². The van der Waals surface area contributed by atoms with Crippen molar-refractivity contribution < 1.29 is 45.0 Å². The number of piperazine rings is 1. The van der Waals surface area contributed by atoms with Gasteiger partial charge in [-0.05, 0) is 36.4 Å². The van der Waals surface area contributed by atoms with E-state index in [4.69, 9.17) is 16.3 Å². The molecular formula is C30H26ClF7N6O4. The number of alkyl halides is 5. The molecule has 1 aliphatic rings. The molecular weight excluding hydrogens is 677 g/mol. The number of amides is 1. The minimum absolute atomic E-state index is 0.0770. The van der Waals surface area contributed by atoms with Crippen molar-refractivity contribution in [1.29, 1.82) is 0 Å². The van der Waals surface area contributed by atoms with E-state index < -0.39 is 59.4 Å².